The molecule has 2 aromatic rings. The smallest absolute Gasteiger partial charge is 0.164 e. The zero-order valence-electron chi connectivity index (χ0n) is 12.3. The van der Waals surface area contributed by atoms with Gasteiger partial charge in [-0.3, -0.25) is 0 Å². The lowest BCUT2D eigenvalue weighted by molar-refractivity contribution is 0.265. The molecule has 106 valence electrons. The molecule has 0 amide bonds. The predicted octanol–water partition coefficient (Wildman–Crippen LogP) is 3.07. The number of rotatable bonds is 3. The molecule has 1 aliphatic rings. The molecule has 1 fully saturated rings. The zero-order chi connectivity index (χ0) is 14.3. The van der Waals surface area contributed by atoms with Gasteiger partial charge in [-0.2, -0.15) is 0 Å². The summed E-state index contributed by atoms with van der Waals surface area (Å²) in [7, 11) is 0. The molecule has 0 unspecified atom stereocenters. The molecule has 1 aliphatic carbocycles. The lowest BCUT2D eigenvalue weighted by Crippen LogP contribution is -2.10. The maximum atomic E-state index is 9.38. The number of hydrogen-bond acceptors (Lipinski definition) is 3. The standard InChI is InChI=1S/C16H21N3O/c1-16(2,3)12-6-4-11(5-7-12)15-18-17-14(10-20)19(15)13-8-9-13/h4-7,13,20H,8-10H2,1-3H3. The first-order valence-electron chi connectivity index (χ1n) is 7.16. The van der Waals surface area contributed by atoms with Gasteiger partial charge in [0.05, 0.1) is 0 Å². The molecule has 3 rings (SSSR count). The van der Waals surface area contributed by atoms with E-state index in [1.807, 2.05) is 0 Å². The first-order valence-corrected chi connectivity index (χ1v) is 7.16. The second-order valence-electron chi connectivity index (χ2n) is 6.53. The number of aromatic nitrogens is 3. The number of hydrogen-bond donors (Lipinski definition) is 1. The van der Waals surface area contributed by atoms with Gasteiger partial charge in [-0.15, -0.1) is 10.2 Å². The Morgan fingerprint density at radius 3 is 2.30 bits per heavy atom. The van der Waals surface area contributed by atoms with Crippen LogP contribution in [0.3, 0.4) is 0 Å². The largest absolute Gasteiger partial charge is 0.388 e. The highest BCUT2D eigenvalue weighted by Gasteiger charge is 2.29. The van der Waals surface area contributed by atoms with Crippen LogP contribution >= 0.6 is 0 Å². The molecule has 1 heterocycles. The summed E-state index contributed by atoms with van der Waals surface area (Å²) >= 11 is 0. The van der Waals surface area contributed by atoms with Gasteiger partial charge in [-0.1, -0.05) is 45.0 Å². The molecule has 1 aromatic carbocycles. The lowest BCUT2D eigenvalue weighted by atomic mass is 9.87. The summed E-state index contributed by atoms with van der Waals surface area (Å²) in [6, 6.07) is 8.97. The summed E-state index contributed by atoms with van der Waals surface area (Å²) in [6.07, 6.45) is 2.30. The third-order valence-corrected chi connectivity index (χ3v) is 3.83. The molecule has 0 saturated heterocycles. The normalized spacial score (nSPS) is 15.6. The third kappa shape index (κ3) is 2.36. The molecular formula is C16H21N3O. The maximum absolute atomic E-state index is 9.38. The molecule has 0 atom stereocenters. The Morgan fingerprint density at radius 2 is 1.80 bits per heavy atom. The Morgan fingerprint density at radius 1 is 1.15 bits per heavy atom. The van der Waals surface area contributed by atoms with E-state index in [9.17, 15) is 5.11 Å². The van der Waals surface area contributed by atoms with Crippen LogP contribution in [0.15, 0.2) is 24.3 Å². The highest BCUT2D eigenvalue weighted by Crippen LogP contribution is 2.39. The van der Waals surface area contributed by atoms with Crippen molar-refractivity contribution in [2.24, 2.45) is 0 Å². The van der Waals surface area contributed by atoms with E-state index < -0.39 is 0 Å². The monoisotopic (exact) mass is 271 g/mol. The second-order valence-corrected chi connectivity index (χ2v) is 6.53. The molecular weight excluding hydrogens is 250 g/mol. The van der Waals surface area contributed by atoms with Crippen LogP contribution < -0.4 is 0 Å². The van der Waals surface area contributed by atoms with Crippen LogP contribution in [0.5, 0.6) is 0 Å². The van der Waals surface area contributed by atoms with Gasteiger partial charge in [0.1, 0.15) is 6.61 Å². The Kier molecular flexibility index (Phi) is 3.13. The molecule has 1 aromatic heterocycles. The van der Waals surface area contributed by atoms with Crippen molar-refractivity contribution < 1.29 is 5.11 Å². The van der Waals surface area contributed by atoms with Crippen molar-refractivity contribution >= 4 is 0 Å². The fourth-order valence-corrected chi connectivity index (χ4v) is 2.46. The van der Waals surface area contributed by atoms with E-state index in [-0.39, 0.29) is 12.0 Å². The molecule has 0 aliphatic heterocycles. The molecule has 0 spiro atoms. The minimum absolute atomic E-state index is 0.0520. The van der Waals surface area contributed by atoms with Crippen LogP contribution in [0.1, 0.15) is 51.0 Å². The van der Waals surface area contributed by atoms with Crippen molar-refractivity contribution in [2.45, 2.75) is 51.7 Å². The van der Waals surface area contributed by atoms with E-state index >= 15 is 0 Å². The van der Waals surface area contributed by atoms with Crippen molar-refractivity contribution in [1.82, 2.24) is 14.8 Å². The molecule has 1 N–H and O–H groups in total. The van der Waals surface area contributed by atoms with Crippen LogP contribution in [-0.4, -0.2) is 19.9 Å². The van der Waals surface area contributed by atoms with Crippen LogP contribution in [0.2, 0.25) is 0 Å². The number of aliphatic hydroxyl groups is 1. The highest BCUT2D eigenvalue weighted by molar-refractivity contribution is 5.56. The maximum Gasteiger partial charge on any atom is 0.164 e. The number of aliphatic hydroxyl groups excluding tert-OH is 1. The Balaban J connectivity index is 1.99. The van der Waals surface area contributed by atoms with Crippen LogP contribution in [-0.2, 0) is 12.0 Å². The molecule has 20 heavy (non-hydrogen) atoms. The van der Waals surface area contributed by atoms with Crippen molar-refractivity contribution in [1.29, 1.82) is 0 Å². The minimum atomic E-state index is -0.0520. The van der Waals surface area contributed by atoms with Gasteiger partial charge >= 0.3 is 0 Å². The molecule has 0 bridgehead atoms. The minimum Gasteiger partial charge on any atom is -0.388 e. The summed E-state index contributed by atoms with van der Waals surface area (Å²) in [5.74, 6) is 1.54. The van der Waals surface area contributed by atoms with Gasteiger partial charge in [0.15, 0.2) is 11.6 Å². The van der Waals surface area contributed by atoms with Crippen LogP contribution in [0.4, 0.5) is 0 Å². The van der Waals surface area contributed by atoms with Crippen molar-refractivity contribution in [3.63, 3.8) is 0 Å². The Bertz CT molecular complexity index is 604. The van der Waals surface area contributed by atoms with E-state index in [2.05, 4.69) is 59.8 Å². The van der Waals surface area contributed by atoms with E-state index in [4.69, 9.17) is 0 Å². The summed E-state index contributed by atoms with van der Waals surface area (Å²) in [5.41, 5.74) is 2.53. The molecule has 4 nitrogen and oxygen atoms in total. The summed E-state index contributed by atoms with van der Waals surface area (Å²) < 4.78 is 2.09. The van der Waals surface area contributed by atoms with Gasteiger partial charge in [0, 0.05) is 11.6 Å². The zero-order valence-corrected chi connectivity index (χ0v) is 12.3. The molecule has 0 radical (unpaired) electrons. The Hall–Kier alpha value is -1.68. The average molecular weight is 271 g/mol. The number of nitrogens with zero attached hydrogens (tertiary/aromatic N) is 3. The van der Waals surface area contributed by atoms with Crippen LogP contribution in [0, 0.1) is 0 Å². The third-order valence-electron chi connectivity index (χ3n) is 3.83. The van der Waals surface area contributed by atoms with Gasteiger partial charge < -0.3 is 9.67 Å². The average Bonchev–Trinajstić information content (AvgIpc) is 3.17. The van der Waals surface area contributed by atoms with E-state index in [1.54, 1.807) is 0 Å². The fourth-order valence-electron chi connectivity index (χ4n) is 2.46. The van der Waals surface area contributed by atoms with Crippen molar-refractivity contribution in [3.8, 4) is 11.4 Å². The Labute approximate surface area is 119 Å². The SMILES string of the molecule is CC(C)(C)c1ccc(-c2nnc(CO)n2C2CC2)cc1. The van der Waals surface area contributed by atoms with Gasteiger partial charge in [0.2, 0.25) is 0 Å². The van der Waals surface area contributed by atoms with Gasteiger partial charge in [-0.05, 0) is 23.8 Å². The summed E-state index contributed by atoms with van der Waals surface area (Å²) in [4.78, 5) is 0. The fraction of sp³-hybridized carbons (Fsp3) is 0.500. The molecule has 1 saturated carbocycles. The van der Waals surface area contributed by atoms with E-state index in [0.717, 1.165) is 24.2 Å². The first-order chi connectivity index (χ1) is 9.50. The number of benzene rings is 1. The predicted molar refractivity (Wildman–Crippen MR) is 78.4 cm³/mol. The van der Waals surface area contributed by atoms with E-state index in [1.165, 1.54) is 5.56 Å². The summed E-state index contributed by atoms with van der Waals surface area (Å²) in [6.45, 7) is 6.57. The first kappa shape index (κ1) is 13.3. The topological polar surface area (TPSA) is 50.9 Å². The summed E-state index contributed by atoms with van der Waals surface area (Å²) in [5, 5.41) is 17.8. The van der Waals surface area contributed by atoms with Gasteiger partial charge in [0.25, 0.3) is 0 Å². The highest BCUT2D eigenvalue weighted by atomic mass is 16.3. The van der Waals surface area contributed by atoms with Crippen molar-refractivity contribution in [2.75, 3.05) is 0 Å². The van der Waals surface area contributed by atoms with E-state index in [0.29, 0.717) is 11.9 Å². The quantitative estimate of drug-likeness (QED) is 0.933. The lowest BCUT2D eigenvalue weighted by Gasteiger charge is -2.19. The van der Waals surface area contributed by atoms with Crippen LogP contribution in [0.25, 0.3) is 11.4 Å². The van der Waals surface area contributed by atoms with Crippen molar-refractivity contribution in [3.05, 3.63) is 35.7 Å². The second kappa shape index (κ2) is 4.70. The van der Waals surface area contributed by atoms with Gasteiger partial charge in [-0.25, -0.2) is 0 Å². The molecule has 4 heteroatoms.